The first-order valence-electron chi connectivity index (χ1n) is 10.3. The van der Waals surface area contributed by atoms with Crippen molar-refractivity contribution in [2.45, 2.75) is 51.5 Å². The van der Waals surface area contributed by atoms with E-state index in [1.54, 1.807) is 12.1 Å². The van der Waals surface area contributed by atoms with E-state index in [1.165, 1.54) is 10.7 Å². The second-order valence-corrected chi connectivity index (χ2v) is 10.3. The molecule has 10 heteroatoms. The summed E-state index contributed by atoms with van der Waals surface area (Å²) < 4.78 is 45.6. The maximum Gasteiger partial charge on any atom is 0.344 e. The SMILES string of the molecule is C[C@@H](CS(=O)(=O)CCCCCn1[nH]c(=O)[nH]c1=O)c1ccc(F)c(OCC2CC2)c1. The third kappa shape index (κ3) is 6.58. The minimum absolute atomic E-state index is 0.0225. The topological polar surface area (TPSA) is 114 Å². The van der Waals surface area contributed by atoms with Gasteiger partial charge in [-0.05, 0) is 55.2 Å². The number of aromatic nitrogens is 3. The van der Waals surface area contributed by atoms with Crippen molar-refractivity contribution in [1.29, 1.82) is 0 Å². The van der Waals surface area contributed by atoms with Gasteiger partial charge < -0.3 is 4.74 Å². The first-order valence-corrected chi connectivity index (χ1v) is 12.1. The van der Waals surface area contributed by atoms with Crippen LogP contribution in [0, 0.1) is 11.7 Å². The molecule has 1 heterocycles. The Labute approximate surface area is 174 Å². The number of sulfone groups is 1. The molecule has 1 fully saturated rings. The second-order valence-electron chi connectivity index (χ2n) is 8.04. The summed E-state index contributed by atoms with van der Waals surface area (Å²) in [6.07, 6.45) is 3.88. The van der Waals surface area contributed by atoms with Gasteiger partial charge in [0, 0.05) is 6.54 Å². The molecule has 1 aliphatic carbocycles. The average Bonchev–Trinajstić information content (AvgIpc) is 3.44. The molecule has 30 heavy (non-hydrogen) atoms. The summed E-state index contributed by atoms with van der Waals surface area (Å²) in [4.78, 5) is 24.5. The summed E-state index contributed by atoms with van der Waals surface area (Å²) in [6, 6.07) is 4.54. The maximum absolute atomic E-state index is 13.9. The van der Waals surface area contributed by atoms with Gasteiger partial charge in [-0.3, -0.25) is 4.98 Å². The van der Waals surface area contributed by atoms with Crippen LogP contribution in [0.5, 0.6) is 5.75 Å². The van der Waals surface area contributed by atoms with Crippen LogP contribution in [0.25, 0.3) is 0 Å². The maximum atomic E-state index is 13.9. The van der Waals surface area contributed by atoms with E-state index in [1.807, 2.05) is 6.92 Å². The standard InChI is InChI=1S/C20H28FN3O5S/c1-14(16-7-8-17(21)18(11-16)29-12-15-5-6-15)13-30(27,28)10-4-2-3-9-24-20(26)22-19(25)23-24/h7-8,11,14-15H,2-6,9-10,12-13H2,1H3,(H2,22,23,25,26)/t14-/m0/s1. The smallest absolute Gasteiger partial charge is 0.344 e. The van der Waals surface area contributed by atoms with Gasteiger partial charge >= 0.3 is 11.4 Å². The van der Waals surface area contributed by atoms with Crippen LogP contribution in [-0.4, -0.2) is 41.3 Å². The largest absolute Gasteiger partial charge is 0.490 e. The fourth-order valence-corrected chi connectivity index (χ4v) is 5.05. The van der Waals surface area contributed by atoms with E-state index < -0.39 is 27.0 Å². The Bertz CT molecular complexity index is 1070. The molecular weight excluding hydrogens is 413 g/mol. The molecule has 1 aliphatic rings. The van der Waals surface area contributed by atoms with Crippen molar-refractivity contribution in [3.8, 4) is 5.75 Å². The van der Waals surface area contributed by atoms with Crippen LogP contribution in [-0.2, 0) is 16.4 Å². The van der Waals surface area contributed by atoms with Gasteiger partial charge in [0.15, 0.2) is 21.4 Å². The van der Waals surface area contributed by atoms with Crippen molar-refractivity contribution in [2.75, 3.05) is 18.1 Å². The molecule has 1 atom stereocenters. The molecule has 0 radical (unpaired) electrons. The van der Waals surface area contributed by atoms with Crippen molar-refractivity contribution in [3.05, 3.63) is 50.5 Å². The van der Waals surface area contributed by atoms with E-state index in [2.05, 4.69) is 10.1 Å². The molecule has 0 saturated heterocycles. The number of benzene rings is 1. The molecule has 2 aromatic rings. The van der Waals surface area contributed by atoms with Gasteiger partial charge in [0.1, 0.15) is 0 Å². The van der Waals surface area contributed by atoms with Gasteiger partial charge in [0.2, 0.25) is 0 Å². The summed E-state index contributed by atoms with van der Waals surface area (Å²) >= 11 is 0. The number of halogens is 1. The molecular formula is C20H28FN3O5S. The first kappa shape index (κ1) is 22.3. The Morgan fingerprint density at radius 1 is 1.23 bits per heavy atom. The lowest BCUT2D eigenvalue weighted by Crippen LogP contribution is -2.19. The summed E-state index contributed by atoms with van der Waals surface area (Å²) in [7, 11) is -3.28. The van der Waals surface area contributed by atoms with Gasteiger partial charge in [0.05, 0.1) is 18.1 Å². The van der Waals surface area contributed by atoms with Gasteiger partial charge in [-0.2, -0.15) is 0 Å². The molecule has 166 valence electrons. The van der Waals surface area contributed by atoms with Crippen LogP contribution < -0.4 is 16.1 Å². The lowest BCUT2D eigenvalue weighted by Gasteiger charge is -2.15. The summed E-state index contributed by atoms with van der Waals surface area (Å²) in [5.41, 5.74) is -0.318. The molecule has 1 saturated carbocycles. The quantitative estimate of drug-likeness (QED) is 0.490. The van der Waals surface area contributed by atoms with Crippen LogP contribution in [0.4, 0.5) is 4.39 Å². The molecule has 0 aliphatic heterocycles. The molecule has 0 unspecified atom stereocenters. The van der Waals surface area contributed by atoms with E-state index >= 15 is 0 Å². The van der Waals surface area contributed by atoms with E-state index in [9.17, 15) is 22.4 Å². The van der Waals surface area contributed by atoms with Gasteiger partial charge in [-0.1, -0.05) is 19.4 Å². The van der Waals surface area contributed by atoms with Crippen molar-refractivity contribution in [3.63, 3.8) is 0 Å². The van der Waals surface area contributed by atoms with Crippen LogP contribution in [0.2, 0.25) is 0 Å². The fourth-order valence-electron chi connectivity index (χ4n) is 3.28. The Kier molecular flexibility index (Phi) is 7.17. The Hall–Kier alpha value is -2.36. The normalized spacial score (nSPS) is 15.3. The van der Waals surface area contributed by atoms with E-state index in [4.69, 9.17) is 4.74 Å². The number of ether oxygens (including phenoxy) is 1. The zero-order valence-electron chi connectivity index (χ0n) is 17.0. The molecule has 1 aromatic heterocycles. The third-order valence-electron chi connectivity index (χ3n) is 5.24. The molecule has 3 rings (SSSR count). The van der Waals surface area contributed by atoms with Gasteiger partial charge in [0.25, 0.3) is 0 Å². The molecule has 8 nitrogen and oxygen atoms in total. The minimum Gasteiger partial charge on any atom is -0.490 e. The first-order chi connectivity index (χ1) is 14.2. The van der Waals surface area contributed by atoms with Crippen molar-refractivity contribution in [1.82, 2.24) is 14.8 Å². The predicted octanol–water partition coefficient (Wildman–Crippen LogP) is 2.18. The Morgan fingerprint density at radius 3 is 2.67 bits per heavy atom. The number of rotatable bonds is 12. The molecule has 1 aromatic carbocycles. The second kappa shape index (κ2) is 9.63. The van der Waals surface area contributed by atoms with Crippen LogP contribution in [0.3, 0.4) is 0 Å². The molecule has 0 bridgehead atoms. The van der Waals surface area contributed by atoms with E-state index in [-0.39, 0.29) is 23.2 Å². The fraction of sp³-hybridized carbons (Fsp3) is 0.600. The van der Waals surface area contributed by atoms with Crippen LogP contribution in [0.15, 0.2) is 27.8 Å². The number of unbranched alkanes of at least 4 members (excludes halogenated alkanes) is 2. The number of aromatic amines is 2. The number of nitrogens with one attached hydrogen (secondary N) is 2. The highest BCUT2D eigenvalue weighted by Gasteiger charge is 2.23. The monoisotopic (exact) mass is 441 g/mol. The number of hydrogen-bond acceptors (Lipinski definition) is 5. The highest BCUT2D eigenvalue weighted by atomic mass is 32.2. The van der Waals surface area contributed by atoms with Crippen LogP contribution in [0.1, 0.15) is 50.5 Å². The summed E-state index contributed by atoms with van der Waals surface area (Å²) in [5.74, 6) is -0.00340. The van der Waals surface area contributed by atoms with Gasteiger partial charge in [-0.25, -0.2) is 32.2 Å². The number of nitrogens with zero attached hydrogens (tertiary/aromatic N) is 1. The lowest BCUT2D eigenvalue weighted by molar-refractivity contribution is 0.285. The van der Waals surface area contributed by atoms with Gasteiger partial charge in [-0.15, -0.1) is 0 Å². The number of hydrogen-bond donors (Lipinski definition) is 2. The zero-order valence-corrected chi connectivity index (χ0v) is 17.8. The van der Waals surface area contributed by atoms with Crippen molar-refractivity contribution in [2.24, 2.45) is 5.92 Å². The summed E-state index contributed by atoms with van der Waals surface area (Å²) in [5, 5.41) is 2.36. The lowest BCUT2D eigenvalue weighted by atomic mass is 10.0. The third-order valence-corrected chi connectivity index (χ3v) is 7.16. The zero-order chi connectivity index (χ0) is 21.7. The molecule has 2 N–H and O–H groups in total. The number of aryl methyl sites for hydroxylation is 1. The van der Waals surface area contributed by atoms with Crippen molar-refractivity contribution >= 4 is 9.84 Å². The van der Waals surface area contributed by atoms with E-state index in [0.717, 1.165) is 18.4 Å². The van der Waals surface area contributed by atoms with Crippen LogP contribution >= 0.6 is 0 Å². The molecule has 0 spiro atoms. The van der Waals surface area contributed by atoms with Crippen molar-refractivity contribution < 1.29 is 17.5 Å². The average molecular weight is 442 g/mol. The molecule has 0 amide bonds. The number of H-pyrrole nitrogens is 2. The predicted molar refractivity (Wildman–Crippen MR) is 111 cm³/mol. The Balaban J connectivity index is 1.45. The highest BCUT2D eigenvalue weighted by Crippen LogP contribution is 2.31. The minimum atomic E-state index is -3.28. The van der Waals surface area contributed by atoms with E-state index in [0.29, 0.717) is 38.3 Å². The Morgan fingerprint density at radius 2 is 2.00 bits per heavy atom. The summed E-state index contributed by atoms with van der Waals surface area (Å²) in [6.45, 7) is 2.63. The highest BCUT2D eigenvalue weighted by molar-refractivity contribution is 7.91.